The number of hydrogen-bond donors (Lipinski definition) is 0. The van der Waals surface area contributed by atoms with Crippen molar-refractivity contribution in [2.24, 2.45) is 0 Å². The van der Waals surface area contributed by atoms with E-state index >= 15 is 0 Å². The van der Waals surface area contributed by atoms with Gasteiger partial charge in [-0.05, 0) is 27.6 Å². The summed E-state index contributed by atoms with van der Waals surface area (Å²) in [5.41, 5.74) is 1.25. The molecule has 1 heterocycles. The molecule has 5 heteroatoms. The maximum Gasteiger partial charge on any atom is 0.145 e. The Hall–Kier alpha value is -0.220. The fourth-order valence-corrected chi connectivity index (χ4v) is 3.10. The van der Waals surface area contributed by atoms with Gasteiger partial charge in [0.2, 0.25) is 0 Å². The first-order valence-corrected chi connectivity index (χ1v) is 7.38. The van der Waals surface area contributed by atoms with E-state index in [1.807, 2.05) is 24.3 Å². The molecule has 0 bridgehead atoms. The Kier molecular flexibility index (Phi) is 4.74. The summed E-state index contributed by atoms with van der Waals surface area (Å²) in [5, 5.41) is 0.832. The van der Waals surface area contributed by atoms with Crippen LogP contribution in [-0.2, 0) is 5.75 Å². The molecular weight excluding hydrogens is 341 g/mol. The van der Waals surface area contributed by atoms with Crippen LogP contribution in [0.15, 0.2) is 45.8 Å². The molecule has 1 nitrogen and oxygen atoms in total. The summed E-state index contributed by atoms with van der Waals surface area (Å²) < 4.78 is 0.763. The van der Waals surface area contributed by atoms with Crippen LogP contribution in [0.25, 0.3) is 0 Å². The number of benzene rings is 1. The molecule has 0 aliphatic heterocycles. The maximum atomic E-state index is 6.03. The van der Waals surface area contributed by atoms with Gasteiger partial charge in [-0.15, -0.1) is 11.8 Å². The lowest BCUT2D eigenvalue weighted by Gasteiger charge is -2.05. The van der Waals surface area contributed by atoms with Gasteiger partial charge in [0.25, 0.3) is 0 Å². The molecule has 0 spiro atoms. The summed E-state index contributed by atoms with van der Waals surface area (Å²) in [4.78, 5) is 4.97. The monoisotopic (exact) mass is 347 g/mol. The topological polar surface area (TPSA) is 12.9 Å². The number of pyridine rings is 1. The van der Waals surface area contributed by atoms with Crippen molar-refractivity contribution in [3.63, 3.8) is 0 Å². The Balaban J connectivity index is 2.12. The quantitative estimate of drug-likeness (QED) is 0.540. The average Bonchev–Trinajstić information content (AvgIpc) is 2.33. The molecule has 0 radical (unpaired) electrons. The van der Waals surface area contributed by atoms with E-state index in [-0.39, 0.29) is 0 Å². The molecule has 2 aromatic rings. The van der Waals surface area contributed by atoms with Crippen LogP contribution >= 0.6 is 50.9 Å². The largest absolute Gasteiger partial charge is 0.222 e. The molecule has 0 N–H and O–H groups in total. The molecule has 2 rings (SSSR count). The second-order valence-corrected chi connectivity index (χ2v) is 5.91. The van der Waals surface area contributed by atoms with E-state index in [0.717, 1.165) is 15.1 Å². The third kappa shape index (κ3) is 3.62. The molecule has 1 aromatic heterocycles. The fraction of sp³-hybridized carbons (Fsp3) is 0.0833. The number of rotatable bonds is 3. The van der Waals surface area contributed by atoms with E-state index in [0.29, 0.717) is 10.3 Å². The highest BCUT2D eigenvalue weighted by molar-refractivity contribution is 9.10. The first kappa shape index (κ1) is 13.2. The van der Waals surface area contributed by atoms with Crippen LogP contribution < -0.4 is 0 Å². The van der Waals surface area contributed by atoms with Gasteiger partial charge in [-0.1, -0.05) is 53.5 Å². The zero-order chi connectivity index (χ0) is 12.3. The standard InChI is InChI=1S/C12H8BrCl2NS/c13-9-6-10(12(15)16-11(9)14)17-7-8-4-2-1-3-5-8/h1-6H,7H2. The van der Waals surface area contributed by atoms with Gasteiger partial charge in [-0.3, -0.25) is 0 Å². The number of hydrogen-bond acceptors (Lipinski definition) is 2. The molecule has 0 unspecified atom stereocenters. The second kappa shape index (κ2) is 6.10. The third-order valence-corrected chi connectivity index (χ3v) is 4.71. The molecule has 88 valence electrons. The number of nitrogens with zero attached hydrogens (tertiary/aromatic N) is 1. The van der Waals surface area contributed by atoms with Crippen LogP contribution in [0.4, 0.5) is 0 Å². The van der Waals surface area contributed by atoms with E-state index in [1.54, 1.807) is 11.8 Å². The van der Waals surface area contributed by atoms with Crippen molar-refractivity contribution < 1.29 is 0 Å². The van der Waals surface area contributed by atoms with Crippen LogP contribution in [0.2, 0.25) is 10.3 Å². The van der Waals surface area contributed by atoms with Gasteiger partial charge in [0, 0.05) is 10.6 Å². The van der Waals surface area contributed by atoms with E-state index in [1.165, 1.54) is 5.56 Å². The number of halogens is 3. The van der Waals surface area contributed by atoms with E-state index in [4.69, 9.17) is 23.2 Å². The van der Waals surface area contributed by atoms with Gasteiger partial charge in [-0.25, -0.2) is 4.98 Å². The van der Waals surface area contributed by atoms with E-state index < -0.39 is 0 Å². The Labute approximate surface area is 123 Å². The molecule has 0 aliphatic carbocycles. The summed E-state index contributed by atoms with van der Waals surface area (Å²) in [6, 6.07) is 12.1. The SMILES string of the molecule is Clc1nc(Cl)c(SCc2ccccc2)cc1Br. The van der Waals surface area contributed by atoms with Crippen LogP contribution in [0, 0.1) is 0 Å². The first-order valence-electron chi connectivity index (χ1n) is 4.85. The molecule has 17 heavy (non-hydrogen) atoms. The van der Waals surface area contributed by atoms with Crippen LogP contribution in [-0.4, -0.2) is 4.98 Å². The number of aromatic nitrogens is 1. The minimum atomic E-state index is 0.388. The highest BCUT2D eigenvalue weighted by Gasteiger charge is 2.07. The van der Waals surface area contributed by atoms with Gasteiger partial charge >= 0.3 is 0 Å². The van der Waals surface area contributed by atoms with Crippen molar-refractivity contribution in [2.45, 2.75) is 10.6 Å². The van der Waals surface area contributed by atoms with Crippen molar-refractivity contribution >= 4 is 50.9 Å². The van der Waals surface area contributed by atoms with Crippen molar-refractivity contribution in [1.29, 1.82) is 0 Å². The lowest BCUT2D eigenvalue weighted by molar-refractivity contribution is 1.21. The van der Waals surface area contributed by atoms with Gasteiger partial charge in [0.15, 0.2) is 0 Å². The molecule has 0 fully saturated rings. The smallest absolute Gasteiger partial charge is 0.145 e. The number of thioether (sulfide) groups is 1. The van der Waals surface area contributed by atoms with E-state index in [9.17, 15) is 0 Å². The third-order valence-electron chi connectivity index (χ3n) is 2.09. The van der Waals surface area contributed by atoms with Gasteiger partial charge < -0.3 is 0 Å². The summed E-state index contributed by atoms with van der Waals surface area (Å²) >= 11 is 16.9. The van der Waals surface area contributed by atoms with Crippen LogP contribution in [0.1, 0.15) is 5.56 Å². The molecule has 0 aliphatic rings. The van der Waals surface area contributed by atoms with Crippen LogP contribution in [0.3, 0.4) is 0 Å². The molecule has 0 amide bonds. The molecule has 0 saturated carbocycles. The maximum absolute atomic E-state index is 6.03. The second-order valence-electron chi connectivity index (χ2n) is 3.32. The summed E-state index contributed by atoms with van der Waals surface area (Å²) in [7, 11) is 0. The van der Waals surface area contributed by atoms with Crippen molar-refractivity contribution in [3.05, 3.63) is 56.7 Å². The predicted octanol–water partition coefficient (Wildman–Crippen LogP) is 5.44. The zero-order valence-electron chi connectivity index (χ0n) is 8.66. The fourth-order valence-electron chi connectivity index (χ4n) is 1.27. The zero-order valence-corrected chi connectivity index (χ0v) is 12.6. The predicted molar refractivity (Wildman–Crippen MR) is 78.0 cm³/mol. The normalized spacial score (nSPS) is 10.5. The summed E-state index contributed by atoms with van der Waals surface area (Å²) in [5.74, 6) is 0.857. The molecular formula is C12H8BrCl2NS. The Morgan fingerprint density at radius 1 is 1.12 bits per heavy atom. The molecule has 1 aromatic carbocycles. The highest BCUT2D eigenvalue weighted by atomic mass is 79.9. The molecule has 0 saturated heterocycles. The summed E-state index contributed by atoms with van der Waals surface area (Å²) in [6.07, 6.45) is 0. The van der Waals surface area contributed by atoms with Gasteiger partial charge in [0.1, 0.15) is 10.3 Å². The first-order chi connectivity index (χ1) is 8.16. The van der Waals surface area contributed by atoms with E-state index in [2.05, 4.69) is 33.0 Å². The Morgan fingerprint density at radius 2 is 1.82 bits per heavy atom. The minimum Gasteiger partial charge on any atom is -0.222 e. The average molecular weight is 349 g/mol. The Morgan fingerprint density at radius 3 is 2.53 bits per heavy atom. The van der Waals surface area contributed by atoms with Crippen molar-refractivity contribution in [2.75, 3.05) is 0 Å². The lowest BCUT2D eigenvalue weighted by atomic mass is 10.2. The lowest BCUT2D eigenvalue weighted by Crippen LogP contribution is -1.85. The minimum absolute atomic E-state index is 0.388. The van der Waals surface area contributed by atoms with Crippen molar-refractivity contribution in [3.8, 4) is 0 Å². The molecule has 0 atom stereocenters. The van der Waals surface area contributed by atoms with Gasteiger partial charge in [-0.2, -0.15) is 0 Å². The van der Waals surface area contributed by atoms with Crippen molar-refractivity contribution in [1.82, 2.24) is 4.98 Å². The Bertz CT molecular complexity index is 519. The van der Waals surface area contributed by atoms with Crippen LogP contribution in [0.5, 0.6) is 0 Å². The summed E-state index contributed by atoms with van der Waals surface area (Å²) in [6.45, 7) is 0. The highest BCUT2D eigenvalue weighted by Crippen LogP contribution is 2.33. The van der Waals surface area contributed by atoms with Gasteiger partial charge in [0.05, 0.1) is 4.47 Å².